The number of rotatable bonds is 11. The molecule has 0 aromatic heterocycles. The lowest BCUT2D eigenvalue weighted by Crippen LogP contribution is -2.52. The molecular weight excluding hydrogens is 570 g/mol. The smallest absolute Gasteiger partial charge is 0.244 e. The Hall–Kier alpha value is -3.65. The van der Waals surface area contributed by atoms with Crippen molar-refractivity contribution in [2.24, 2.45) is 17.8 Å². The SMILES string of the molecule is CNC(=O)C(Cc1ccccc1)N(Cc1ccccc1)C(=O)CN(c1ccc(C23CC4CC(CC(C4)C2)C3)cc1)S(C)(=O)=O. The summed E-state index contributed by atoms with van der Waals surface area (Å²) < 4.78 is 27.5. The Bertz CT molecular complexity index is 1540. The third-order valence-corrected chi connectivity index (χ3v) is 11.3. The average Bonchev–Trinajstić information content (AvgIpc) is 3.01. The van der Waals surface area contributed by atoms with E-state index in [0.717, 1.165) is 35.1 Å². The zero-order valence-corrected chi connectivity index (χ0v) is 26.5. The number of carbonyl (C=O) groups is 2. The van der Waals surface area contributed by atoms with Crippen molar-refractivity contribution in [1.82, 2.24) is 10.2 Å². The number of anilines is 1. The van der Waals surface area contributed by atoms with Crippen molar-refractivity contribution in [3.63, 3.8) is 0 Å². The van der Waals surface area contributed by atoms with Crippen LogP contribution in [0.1, 0.15) is 55.2 Å². The van der Waals surface area contributed by atoms with E-state index in [2.05, 4.69) is 17.4 Å². The Morgan fingerprint density at radius 3 is 1.84 bits per heavy atom. The molecule has 4 saturated carbocycles. The van der Waals surface area contributed by atoms with E-state index in [9.17, 15) is 18.0 Å². The quantitative estimate of drug-likeness (QED) is 0.318. The summed E-state index contributed by atoms with van der Waals surface area (Å²) in [6.07, 6.45) is 9.20. The summed E-state index contributed by atoms with van der Waals surface area (Å²) in [4.78, 5) is 29.0. The van der Waals surface area contributed by atoms with E-state index in [1.807, 2.05) is 72.8 Å². The highest BCUT2D eigenvalue weighted by atomic mass is 32.2. The standard InChI is InChI=1S/C36H43N3O4S/c1-37-35(41)33(20-26-9-5-3-6-10-26)38(24-27-11-7-4-8-12-27)34(40)25-39(44(2,42)43)32-15-13-31(14-16-32)36-21-28-17-29(22-36)19-30(18-28)23-36/h3-16,28-30,33H,17-25H2,1-2H3,(H,37,41). The summed E-state index contributed by atoms with van der Waals surface area (Å²) in [6.45, 7) is -0.224. The van der Waals surface area contributed by atoms with Gasteiger partial charge in [-0.3, -0.25) is 13.9 Å². The van der Waals surface area contributed by atoms with Gasteiger partial charge < -0.3 is 10.2 Å². The van der Waals surface area contributed by atoms with Crippen molar-refractivity contribution in [2.75, 3.05) is 24.2 Å². The molecule has 4 aliphatic rings. The molecule has 3 aromatic carbocycles. The minimum atomic E-state index is -3.80. The van der Waals surface area contributed by atoms with Crippen LogP contribution >= 0.6 is 0 Å². The van der Waals surface area contributed by atoms with E-state index >= 15 is 0 Å². The summed E-state index contributed by atoms with van der Waals surface area (Å²) in [5, 5.41) is 2.72. The number of hydrogen-bond donors (Lipinski definition) is 1. The number of nitrogens with zero attached hydrogens (tertiary/aromatic N) is 2. The van der Waals surface area contributed by atoms with Crippen LogP contribution in [0.4, 0.5) is 5.69 Å². The van der Waals surface area contributed by atoms with E-state index in [1.54, 1.807) is 7.05 Å². The topological polar surface area (TPSA) is 86.8 Å². The molecule has 4 aliphatic carbocycles. The summed E-state index contributed by atoms with van der Waals surface area (Å²) in [6, 6.07) is 26.1. The second-order valence-electron chi connectivity index (χ2n) is 13.3. The molecule has 1 unspecified atom stereocenters. The molecule has 3 aromatic rings. The molecule has 1 N–H and O–H groups in total. The van der Waals surface area contributed by atoms with Crippen LogP contribution in [0.15, 0.2) is 84.9 Å². The Balaban J connectivity index is 1.28. The van der Waals surface area contributed by atoms with Crippen LogP contribution in [0.25, 0.3) is 0 Å². The molecular formula is C36H43N3O4S. The summed E-state index contributed by atoms with van der Waals surface area (Å²) in [5.41, 5.74) is 3.73. The van der Waals surface area contributed by atoms with Gasteiger partial charge in [0.25, 0.3) is 0 Å². The molecule has 1 atom stereocenters. The average molecular weight is 614 g/mol. The van der Waals surface area contributed by atoms with Crippen LogP contribution < -0.4 is 9.62 Å². The summed E-state index contributed by atoms with van der Waals surface area (Å²) in [7, 11) is -2.25. The molecule has 4 bridgehead atoms. The highest BCUT2D eigenvalue weighted by Gasteiger charge is 2.51. The maximum atomic E-state index is 14.2. The Labute approximate surface area is 261 Å². The zero-order valence-electron chi connectivity index (χ0n) is 25.7. The molecule has 7 rings (SSSR count). The first-order chi connectivity index (χ1) is 21.1. The first kappa shape index (κ1) is 30.4. The third-order valence-electron chi connectivity index (χ3n) is 10.2. The molecule has 2 amide bonds. The number of sulfonamides is 1. The lowest BCUT2D eigenvalue weighted by molar-refractivity contribution is -0.139. The van der Waals surface area contributed by atoms with Gasteiger partial charge in [-0.15, -0.1) is 0 Å². The number of amides is 2. The lowest BCUT2D eigenvalue weighted by Gasteiger charge is -2.57. The van der Waals surface area contributed by atoms with Crippen LogP contribution in [0, 0.1) is 17.8 Å². The molecule has 0 aliphatic heterocycles. The Morgan fingerprint density at radius 2 is 1.34 bits per heavy atom. The fraction of sp³-hybridized carbons (Fsp3) is 0.444. The highest BCUT2D eigenvalue weighted by molar-refractivity contribution is 7.92. The molecule has 232 valence electrons. The lowest BCUT2D eigenvalue weighted by atomic mass is 9.48. The van der Waals surface area contributed by atoms with Crippen LogP contribution in [0.3, 0.4) is 0 Å². The van der Waals surface area contributed by atoms with Crippen molar-refractivity contribution >= 4 is 27.5 Å². The van der Waals surface area contributed by atoms with Gasteiger partial charge in [-0.2, -0.15) is 0 Å². The number of likely N-dealkylation sites (N-methyl/N-ethyl adjacent to an activating group) is 1. The normalized spacial score (nSPS) is 24.5. The summed E-state index contributed by atoms with van der Waals surface area (Å²) >= 11 is 0. The zero-order chi connectivity index (χ0) is 30.9. The van der Waals surface area contributed by atoms with E-state index in [0.29, 0.717) is 12.1 Å². The molecule has 4 fully saturated rings. The van der Waals surface area contributed by atoms with Gasteiger partial charge in [-0.05, 0) is 90.5 Å². The minimum Gasteiger partial charge on any atom is -0.357 e. The van der Waals surface area contributed by atoms with Crippen molar-refractivity contribution < 1.29 is 18.0 Å². The van der Waals surface area contributed by atoms with Crippen LogP contribution in [-0.2, 0) is 38.0 Å². The van der Waals surface area contributed by atoms with E-state index in [-0.39, 0.29) is 17.9 Å². The molecule has 0 saturated heterocycles. The number of benzene rings is 3. The van der Waals surface area contributed by atoms with Crippen LogP contribution in [0.5, 0.6) is 0 Å². The van der Waals surface area contributed by atoms with E-state index in [4.69, 9.17) is 0 Å². The minimum absolute atomic E-state index is 0.174. The number of hydrogen-bond acceptors (Lipinski definition) is 4. The van der Waals surface area contributed by atoms with E-state index < -0.39 is 28.5 Å². The Kier molecular flexibility index (Phi) is 8.55. The van der Waals surface area contributed by atoms with Gasteiger partial charge in [0.15, 0.2) is 0 Å². The predicted molar refractivity (Wildman–Crippen MR) is 173 cm³/mol. The molecule has 7 nitrogen and oxygen atoms in total. The van der Waals surface area contributed by atoms with Gasteiger partial charge in [0.2, 0.25) is 21.8 Å². The van der Waals surface area contributed by atoms with Gasteiger partial charge in [0.05, 0.1) is 11.9 Å². The number of carbonyl (C=O) groups excluding carboxylic acids is 2. The molecule has 0 heterocycles. The first-order valence-electron chi connectivity index (χ1n) is 15.8. The molecule has 0 spiro atoms. The Morgan fingerprint density at radius 1 is 0.818 bits per heavy atom. The van der Waals surface area contributed by atoms with Gasteiger partial charge in [0.1, 0.15) is 12.6 Å². The molecule has 0 radical (unpaired) electrons. The second kappa shape index (κ2) is 12.4. The molecule has 8 heteroatoms. The number of nitrogens with one attached hydrogen (secondary N) is 1. The first-order valence-corrected chi connectivity index (χ1v) is 17.7. The maximum Gasteiger partial charge on any atom is 0.244 e. The van der Waals surface area contributed by atoms with Gasteiger partial charge in [-0.1, -0.05) is 72.8 Å². The second-order valence-corrected chi connectivity index (χ2v) is 15.2. The highest BCUT2D eigenvalue weighted by Crippen LogP contribution is 2.60. The van der Waals surface area contributed by atoms with Crippen molar-refractivity contribution in [2.45, 2.75) is 62.9 Å². The fourth-order valence-corrected chi connectivity index (χ4v) is 9.41. The fourth-order valence-electron chi connectivity index (χ4n) is 8.56. The van der Waals surface area contributed by atoms with Crippen molar-refractivity contribution in [3.05, 3.63) is 102 Å². The monoisotopic (exact) mass is 613 g/mol. The van der Waals surface area contributed by atoms with Gasteiger partial charge >= 0.3 is 0 Å². The largest absolute Gasteiger partial charge is 0.357 e. The van der Waals surface area contributed by atoms with E-state index in [1.165, 1.54) is 53.3 Å². The van der Waals surface area contributed by atoms with Gasteiger partial charge in [0, 0.05) is 20.0 Å². The van der Waals surface area contributed by atoms with Crippen LogP contribution in [-0.4, -0.2) is 51.0 Å². The van der Waals surface area contributed by atoms with Crippen molar-refractivity contribution in [3.8, 4) is 0 Å². The third kappa shape index (κ3) is 6.41. The summed E-state index contributed by atoms with van der Waals surface area (Å²) in [5.74, 6) is 1.69. The van der Waals surface area contributed by atoms with Crippen molar-refractivity contribution in [1.29, 1.82) is 0 Å². The van der Waals surface area contributed by atoms with Crippen LogP contribution in [0.2, 0.25) is 0 Å². The maximum absolute atomic E-state index is 14.2. The molecule has 44 heavy (non-hydrogen) atoms. The van der Waals surface area contributed by atoms with Gasteiger partial charge in [-0.25, -0.2) is 8.42 Å². The predicted octanol–water partition coefficient (Wildman–Crippen LogP) is 5.31.